The number of nitriles is 1. The van der Waals surface area contributed by atoms with E-state index in [1.807, 2.05) is 37.3 Å². The van der Waals surface area contributed by atoms with Gasteiger partial charge in [0.1, 0.15) is 18.6 Å². The molecule has 0 aliphatic carbocycles. The first-order valence-corrected chi connectivity index (χ1v) is 4.92. The van der Waals surface area contributed by atoms with E-state index in [-0.39, 0.29) is 5.92 Å². The van der Waals surface area contributed by atoms with Crippen molar-refractivity contribution in [2.45, 2.75) is 19.3 Å². The lowest BCUT2D eigenvalue weighted by Crippen LogP contribution is -2.03. The highest BCUT2D eigenvalue weighted by Crippen LogP contribution is 2.14. The van der Waals surface area contributed by atoms with Gasteiger partial charge in [-0.05, 0) is 5.56 Å². The molecule has 0 aliphatic heterocycles. The Morgan fingerprint density at radius 2 is 2.07 bits per heavy atom. The van der Waals surface area contributed by atoms with E-state index in [9.17, 15) is 0 Å². The van der Waals surface area contributed by atoms with Crippen LogP contribution in [0.2, 0.25) is 0 Å². The fraction of sp³-hybridized carbons (Fsp3) is 0.308. The first-order valence-electron chi connectivity index (χ1n) is 4.92. The maximum absolute atomic E-state index is 8.96. The molecule has 0 saturated heterocycles. The van der Waals surface area contributed by atoms with Crippen LogP contribution in [0.25, 0.3) is 0 Å². The Morgan fingerprint density at radius 3 is 2.67 bits per heavy atom. The van der Waals surface area contributed by atoms with Crippen LogP contribution in [0.4, 0.5) is 0 Å². The average Bonchev–Trinajstić information content (AvgIpc) is 2.30. The van der Waals surface area contributed by atoms with Gasteiger partial charge < -0.3 is 4.74 Å². The zero-order valence-corrected chi connectivity index (χ0v) is 8.73. The van der Waals surface area contributed by atoms with E-state index in [1.165, 1.54) is 0 Å². The third-order valence-electron chi connectivity index (χ3n) is 1.93. The van der Waals surface area contributed by atoms with Gasteiger partial charge >= 0.3 is 0 Å². The van der Waals surface area contributed by atoms with Crippen molar-refractivity contribution < 1.29 is 4.74 Å². The van der Waals surface area contributed by atoms with Crippen LogP contribution < -0.4 is 0 Å². The summed E-state index contributed by atoms with van der Waals surface area (Å²) in [6.45, 7) is 2.28. The van der Waals surface area contributed by atoms with Crippen molar-refractivity contribution in [3.05, 3.63) is 35.9 Å². The summed E-state index contributed by atoms with van der Waals surface area (Å²) in [5.41, 5.74) is 0.971. The molecule has 76 valence electrons. The van der Waals surface area contributed by atoms with Crippen LogP contribution in [0, 0.1) is 23.4 Å². The fourth-order valence-electron chi connectivity index (χ4n) is 1.14. The second-order valence-corrected chi connectivity index (χ2v) is 3.04. The minimum Gasteiger partial charge on any atom is -0.445 e. The van der Waals surface area contributed by atoms with Crippen molar-refractivity contribution in [3.8, 4) is 18.1 Å². The van der Waals surface area contributed by atoms with E-state index < -0.39 is 0 Å². The van der Waals surface area contributed by atoms with E-state index in [4.69, 9.17) is 10.00 Å². The van der Waals surface area contributed by atoms with Gasteiger partial charge in [0, 0.05) is 6.42 Å². The summed E-state index contributed by atoms with van der Waals surface area (Å²) in [4.78, 5) is 0. The molecule has 1 aromatic carbocycles. The molecule has 0 N–H and O–H groups in total. The molecule has 15 heavy (non-hydrogen) atoms. The molecule has 2 heteroatoms. The van der Waals surface area contributed by atoms with Gasteiger partial charge in [-0.15, -0.1) is 0 Å². The Bertz CT molecular complexity index is 380. The zero-order valence-electron chi connectivity index (χ0n) is 8.73. The topological polar surface area (TPSA) is 33.0 Å². The summed E-state index contributed by atoms with van der Waals surface area (Å²) in [6.07, 6.45) is 3.33. The predicted molar refractivity (Wildman–Crippen MR) is 58.8 cm³/mol. The summed E-state index contributed by atoms with van der Waals surface area (Å²) in [5.74, 6) is 2.56. The smallest absolute Gasteiger partial charge is 0.120 e. The summed E-state index contributed by atoms with van der Waals surface area (Å²) in [7, 11) is 0. The van der Waals surface area contributed by atoms with Crippen LogP contribution in [0.15, 0.2) is 30.3 Å². The second-order valence-electron chi connectivity index (χ2n) is 3.04. The van der Waals surface area contributed by atoms with Crippen molar-refractivity contribution in [1.29, 1.82) is 5.26 Å². The Hall–Kier alpha value is -1.93. The summed E-state index contributed by atoms with van der Waals surface area (Å²) >= 11 is 0. The van der Waals surface area contributed by atoms with Gasteiger partial charge in [0.25, 0.3) is 0 Å². The molecular formula is C13H13NO. The lowest BCUT2D eigenvalue weighted by Gasteiger charge is -2.06. The second kappa shape index (κ2) is 6.51. The average molecular weight is 199 g/mol. The first kappa shape index (κ1) is 11.1. The van der Waals surface area contributed by atoms with Gasteiger partial charge in [-0.2, -0.15) is 5.26 Å². The molecular weight excluding hydrogens is 186 g/mol. The highest BCUT2D eigenvalue weighted by atomic mass is 16.5. The highest BCUT2D eigenvalue weighted by molar-refractivity contribution is 5.24. The molecule has 0 heterocycles. The van der Waals surface area contributed by atoms with Crippen molar-refractivity contribution >= 4 is 0 Å². The van der Waals surface area contributed by atoms with E-state index in [0.29, 0.717) is 6.61 Å². The van der Waals surface area contributed by atoms with Crippen LogP contribution in [0.3, 0.4) is 0 Å². The lowest BCUT2D eigenvalue weighted by molar-refractivity contribution is 0.269. The van der Waals surface area contributed by atoms with E-state index in [0.717, 1.165) is 12.0 Å². The zero-order chi connectivity index (χ0) is 10.9. The van der Waals surface area contributed by atoms with Crippen LogP contribution in [-0.2, 0) is 4.74 Å². The van der Waals surface area contributed by atoms with Crippen LogP contribution in [0.1, 0.15) is 24.8 Å². The van der Waals surface area contributed by atoms with Crippen LogP contribution >= 0.6 is 0 Å². The summed E-state index contributed by atoms with van der Waals surface area (Å²) in [6, 6.07) is 11.8. The third kappa shape index (κ3) is 3.75. The Balaban J connectivity index is 2.55. The van der Waals surface area contributed by atoms with E-state index >= 15 is 0 Å². The molecule has 0 fully saturated rings. The number of rotatable bonds is 3. The fourth-order valence-corrected chi connectivity index (χ4v) is 1.14. The highest BCUT2D eigenvalue weighted by Gasteiger charge is 2.09. The van der Waals surface area contributed by atoms with E-state index in [2.05, 4.69) is 18.1 Å². The monoisotopic (exact) mass is 199 g/mol. The molecule has 0 radical (unpaired) electrons. The van der Waals surface area contributed by atoms with Crippen LogP contribution in [-0.4, -0.2) is 6.61 Å². The van der Waals surface area contributed by atoms with Crippen molar-refractivity contribution in [1.82, 2.24) is 0 Å². The molecule has 0 aliphatic rings. The Labute approximate surface area is 90.5 Å². The van der Waals surface area contributed by atoms with Crippen LogP contribution in [0.5, 0.6) is 0 Å². The molecule has 1 rings (SSSR count). The molecule has 0 amide bonds. The maximum Gasteiger partial charge on any atom is 0.120 e. The number of benzene rings is 1. The minimum atomic E-state index is -0.239. The number of nitrogens with zero attached hydrogens (tertiary/aromatic N) is 1. The SMILES string of the molecule is CCC#COCC(C#N)c1ccccc1. The summed E-state index contributed by atoms with van der Waals surface area (Å²) < 4.78 is 5.10. The van der Waals surface area contributed by atoms with E-state index in [1.54, 1.807) is 0 Å². The Morgan fingerprint density at radius 1 is 1.33 bits per heavy atom. The summed E-state index contributed by atoms with van der Waals surface area (Å²) in [5, 5.41) is 8.96. The molecule has 1 aromatic rings. The normalized spacial score (nSPS) is 10.7. The molecule has 0 spiro atoms. The first-order chi connectivity index (χ1) is 7.38. The van der Waals surface area contributed by atoms with Gasteiger partial charge in [-0.3, -0.25) is 0 Å². The van der Waals surface area contributed by atoms with Gasteiger partial charge in [0.05, 0.1) is 6.07 Å². The molecule has 0 bridgehead atoms. The molecule has 1 unspecified atom stereocenters. The molecule has 0 saturated carbocycles. The molecule has 0 aromatic heterocycles. The number of ether oxygens (including phenoxy) is 1. The standard InChI is InChI=1S/C13H13NO/c1-2-3-9-15-11-13(10-14)12-7-5-4-6-8-12/h4-8,13H,2,11H2,1H3. The van der Waals surface area contributed by atoms with Gasteiger partial charge in [-0.25, -0.2) is 0 Å². The maximum atomic E-state index is 8.96. The Kier molecular flexibility index (Phi) is 4.84. The van der Waals surface area contributed by atoms with Crippen molar-refractivity contribution in [2.75, 3.05) is 6.61 Å². The molecule has 2 nitrogen and oxygen atoms in total. The number of hydrogen-bond donors (Lipinski definition) is 0. The predicted octanol–water partition coefficient (Wildman–Crippen LogP) is 2.68. The largest absolute Gasteiger partial charge is 0.445 e. The van der Waals surface area contributed by atoms with Crippen molar-refractivity contribution in [3.63, 3.8) is 0 Å². The van der Waals surface area contributed by atoms with Gasteiger partial charge in [0.2, 0.25) is 0 Å². The van der Waals surface area contributed by atoms with Gasteiger partial charge in [0.15, 0.2) is 0 Å². The van der Waals surface area contributed by atoms with Crippen molar-refractivity contribution in [2.24, 2.45) is 0 Å². The number of hydrogen-bond acceptors (Lipinski definition) is 2. The quantitative estimate of drug-likeness (QED) is 0.701. The minimum absolute atomic E-state index is 0.239. The van der Waals surface area contributed by atoms with Gasteiger partial charge in [-0.1, -0.05) is 43.2 Å². The molecule has 1 atom stereocenters. The lowest BCUT2D eigenvalue weighted by atomic mass is 10.0. The third-order valence-corrected chi connectivity index (χ3v) is 1.93.